The molecular formula is C21H24N4O2. The van der Waals surface area contributed by atoms with Gasteiger partial charge in [0.15, 0.2) is 0 Å². The summed E-state index contributed by atoms with van der Waals surface area (Å²) in [6, 6.07) is 18.4. The van der Waals surface area contributed by atoms with E-state index >= 15 is 0 Å². The van der Waals surface area contributed by atoms with Crippen LogP contribution < -0.4 is 11.5 Å². The van der Waals surface area contributed by atoms with Gasteiger partial charge in [0.1, 0.15) is 0 Å². The van der Waals surface area contributed by atoms with Gasteiger partial charge in [0.25, 0.3) is 0 Å². The molecule has 0 radical (unpaired) electrons. The van der Waals surface area contributed by atoms with Crippen LogP contribution in [0.5, 0.6) is 0 Å². The number of carbonyl (C=O) groups is 2. The maximum absolute atomic E-state index is 12.3. The molecule has 0 aliphatic carbocycles. The van der Waals surface area contributed by atoms with Crippen LogP contribution in [0.15, 0.2) is 72.8 Å². The number of likely N-dealkylation sites (N-methyl/N-ethyl adjacent to an activating group) is 2. The third-order valence-electron chi connectivity index (χ3n) is 3.95. The van der Waals surface area contributed by atoms with Crippen molar-refractivity contribution in [1.29, 1.82) is 0 Å². The Morgan fingerprint density at radius 1 is 0.741 bits per heavy atom. The van der Waals surface area contributed by atoms with Gasteiger partial charge in [-0.15, -0.1) is 0 Å². The Balaban J connectivity index is 1.99. The largest absolute Gasteiger partial charge is 0.398 e. The molecule has 0 saturated carbocycles. The highest BCUT2D eigenvalue weighted by Gasteiger charge is 2.13. The minimum Gasteiger partial charge on any atom is -0.398 e. The summed E-state index contributed by atoms with van der Waals surface area (Å²) in [6.07, 6.45) is 2.70. The lowest BCUT2D eigenvalue weighted by Gasteiger charge is -2.23. The summed E-state index contributed by atoms with van der Waals surface area (Å²) in [4.78, 5) is 27.4. The normalized spacial score (nSPS) is 11.8. The van der Waals surface area contributed by atoms with E-state index in [2.05, 4.69) is 0 Å². The van der Waals surface area contributed by atoms with E-state index in [1.165, 1.54) is 22.0 Å². The molecule has 0 saturated heterocycles. The Bertz CT molecular complexity index is 774. The number of hydrogen-bond acceptors (Lipinski definition) is 4. The zero-order chi connectivity index (χ0) is 19.8. The summed E-state index contributed by atoms with van der Waals surface area (Å²) in [5.41, 5.74) is 14.2. The molecule has 0 fully saturated rings. The number of nitrogens with zero attached hydrogens (tertiary/aromatic N) is 2. The number of nitrogens with two attached hydrogens (primary N) is 2. The maximum atomic E-state index is 12.3. The van der Waals surface area contributed by atoms with Crippen LogP contribution in [0.25, 0.3) is 11.4 Å². The van der Waals surface area contributed by atoms with Crippen molar-refractivity contribution < 1.29 is 9.59 Å². The van der Waals surface area contributed by atoms with Crippen molar-refractivity contribution in [3.63, 3.8) is 0 Å². The van der Waals surface area contributed by atoms with E-state index in [1.54, 1.807) is 14.1 Å². The maximum Gasteiger partial charge on any atom is 0.249 e. The van der Waals surface area contributed by atoms with Crippen molar-refractivity contribution in [1.82, 2.24) is 9.80 Å². The van der Waals surface area contributed by atoms with Gasteiger partial charge in [0.05, 0.1) is 6.67 Å². The monoisotopic (exact) mass is 364 g/mol. The summed E-state index contributed by atoms with van der Waals surface area (Å²) in [6.45, 7) is 0.106. The van der Waals surface area contributed by atoms with Crippen LogP contribution in [0, 0.1) is 0 Å². The Morgan fingerprint density at radius 3 is 1.41 bits per heavy atom. The molecule has 6 nitrogen and oxygen atoms in total. The lowest BCUT2D eigenvalue weighted by Crippen LogP contribution is -2.39. The summed E-state index contributed by atoms with van der Waals surface area (Å²) in [5, 5.41) is 0. The van der Waals surface area contributed by atoms with E-state index in [-0.39, 0.29) is 18.5 Å². The van der Waals surface area contributed by atoms with Gasteiger partial charge >= 0.3 is 0 Å². The zero-order valence-electron chi connectivity index (χ0n) is 15.5. The minimum atomic E-state index is -0.295. The first-order valence-electron chi connectivity index (χ1n) is 8.44. The third-order valence-corrected chi connectivity index (χ3v) is 3.95. The van der Waals surface area contributed by atoms with E-state index in [0.717, 1.165) is 11.1 Å². The standard InChI is InChI=1S/C21H24N4O2/c1-24(20(26)13-18(22)16-9-5-3-6-10-16)15-25(2)21(27)14-19(23)17-11-7-4-8-12-17/h3-14H,15,22-23H2,1-2H3/b18-13+,19-14+. The van der Waals surface area contributed by atoms with Crippen LogP contribution in [-0.2, 0) is 9.59 Å². The molecule has 0 unspecified atom stereocenters. The molecule has 0 heterocycles. The lowest BCUT2D eigenvalue weighted by molar-refractivity contribution is -0.131. The average Bonchev–Trinajstić information content (AvgIpc) is 2.68. The smallest absolute Gasteiger partial charge is 0.249 e. The lowest BCUT2D eigenvalue weighted by atomic mass is 10.1. The first-order chi connectivity index (χ1) is 12.9. The Labute approximate surface area is 159 Å². The van der Waals surface area contributed by atoms with Crippen molar-refractivity contribution in [2.24, 2.45) is 11.5 Å². The van der Waals surface area contributed by atoms with E-state index < -0.39 is 0 Å². The molecule has 0 aliphatic heterocycles. The highest BCUT2D eigenvalue weighted by molar-refractivity contribution is 5.96. The van der Waals surface area contributed by atoms with E-state index in [4.69, 9.17) is 11.5 Å². The first-order valence-corrected chi connectivity index (χ1v) is 8.44. The van der Waals surface area contributed by atoms with Crippen LogP contribution in [0.3, 0.4) is 0 Å². The number of carbonyl (C=O) groups excluding carboxylic acids is 2. The molecule has 0 atom stereocenters. The first kappa shape index (κ1) is 19.8. The molecule has 0 spiro atoms. The van der Waals surface area contributed by atoms with Gasteiger partial charge in [-0.3, -0.25) is 9.59 Å². The van der Waals surface area contributed by atoms with E-state index in [0.29, 0.717) is 11.4 Å². The number of rotatable bonds is 6. The fourth-order valence-electron chi connectivity index (χ4n) is 2.37. The molecule has 6 heteroatoms. The number of amides is 2. The number of benzene rings is 2. The van der Waals surface area contributed by atoms with Gasteiger partial charge in [-0.2, -0.15) is 0 Å². The topological polar surface area (TPSA) is 92.7 Å². The third kappa shape index (κ3) is 5.74. The molecule has 0 aromatic heterocycles. The van der Waals surface area contributed by atoms with Gasteiger partial charge in [0, 0.05) is 37.6 Å². The molecule has 4 N–H and O–H groups in total. The molecule has 2 rings (SSSR count). The predicted molar refractivity (Wildman–Crippen MR) is 108 cm³/mol. The highest BCUT2D eigenvalue weighted by Crippen LogP contribution is 2.10. The van der Waals surface area contributed by atoms with Gasteiger partial charge in [-0.05, 0) is 11.1 Å². The summed E-state index contributed by atoms with van der Waals surface area (Å²) in [5.74, 6) is -0.591. The molecule has 2 aromatic rings. The van der Waals surface area contributed by atoms with Crippen LogP contribution in [0.2, 0.25) is 0 Å². The number of hydrogen-bond donors (Lipinski definition) is 2. The van der Waals surface area contributed by atoms with E-state index in [1.807, 2.05) is 60.7 Å². The van der Waals surface area contributed by atoms with Gasteiger partial charge < -0.3 is 21.3 Å². The molecule has 2 amide bonds. The van der Waals surface area contributed by atoms with Gasteiger partial charge in [-0.1, -0.05) is 60.7 Å². The molecule has 0 bridgehead atoms. The molecule has 2 aromatic carbocycles. The molecule has 27 heavy (non-hydrogen) atoms. The SMILES string of the molecule is CN(CN(C)C(=O)/C=C(/N)c1ccccc1)C(=O)/C=C(/N)c1ccccc1. The van der Waals surface area contributed by atoms with Crippen molar-refractivity contribution in [2.45, 2.75) is 0 Å². The van der Waals surface area contributed by atoms with Crippen LogP contribution in [-0.4, -0.2) is 42.4 Å². The molecule has 140 valence electrons. The Morgan fingerprint density at radius 2 is 1.07 bits per heavy atom. The van der Waals surface area contributed by atoms with E-state index in [9.17, 15) is 9.59 Å². The summed E-state index contributed by atoms with van der Waals surface area (Å²) in [7, 11) is 3.20. The fraction of sp³-hybridized carbons (Fsp3) is 0.143. The van der Waals surface area contributed by atoms with Crippen molar-refractivity contribution >= 4 is 23.2 Å². The summed E-state index contributed by atoms with van der Waals surface area (Å²) >= 11 is 0. The van der Waals surface area contributed by atoms with Crippen LogP contribution >= 0.6 is 0 Å². The minimum absolute atomic E-state index is 0.106. The average molecular weight is 364 g/mol. The Kier molecular flexibility index (Phi) is 6.77. The molecule has 0 aliphatic rings. The highest BCUT2D eigenvalue weighted by atomic mass is 16.2. The van der Waals surface area contributed by atoms with Crippen LogP contribution in [0.4, 0.5) is 0 Å². The van der Waals surface area contributed by atoms with Crippen molar-refractivity contribution in [2.75, 3.05) is 20.8 Å². The second-order valence-electron chi connectivity index (χ2n) is 6.15. The molecular weight excluding hydrogens is 340 g/mol. The fourth-order valence-corrected chi connectivity index (χ4v) is 2.37. The zero-order valence-corrected chi connectivity index (χ0v) is 15.5. The van der Waals surface area contributed by atoms with Crippen LogP contribution in [0.1, 0.15) is 11.1 Å². The van der Waals surface area contributed by atoms with Gasteiger partial charge in [0.2, 0.25) is 11.8 Å². The van der Waals surface area contributed by atoms with Crippen molar-refractivity contribution in [3.8, 4) is 0 Å². The summed E-state index contributed by atoms with van der Waals surface area (Å²) < 4.78 is 0. The van der Waals surface area contributed by atoms with Gasteiger partial charge in [-0.25, -0.2) is 0 Å². The second kappa shape index (κ2) is 9.24. The van der Waals surface area contributed by atoms with Crippen molar-refractivity contribution in [3.05, 3.63) is 83.9 Å². The Hall–Kier alpha value is -3.54. The quantitative estimate of drug-likeness (QED) is 0.604. The predicted octanol–water partition coefficient (Wildman–Crippen LogP) is 1.86. The second-order valence-corrected chi connectivity index (χ2v) is 6.15.